The van der Waals surface area contributed by atoms with Crippen LogP contribution in [0.2, 0.25) is 5.02 Å². The number of halogens is 2. The van der Waals surface area contributed by atoms with Crippen molar-refractivity contribution in [3.8, 4) is 0 Å². The number of rotatable bonds is 2. The number of hydrogen-bond donors (Lipinski definition) is 0. The lowest BCUT2D eigenvalue weighted by molar-refractivity contribution is 0.102. The fourth-order valence-corrected chi connectivity index (χ4v) is 1.84. The van der Waals surface area contributed by atoms with Crippen molar-refractivity contribution in [2.45, 2.75) is 0 Å². The Morgan fingerprint density at radius 2 is 2.13 bits per heavy atom. The fraction of sp³-hybridized carbons (Fsp3) is 0.0909. The Labute approximate surface area is 96.8 Å². The summed E-state index contributed by atoms with van der Waals surface area (Å²) in [6.07, 6.45) is 1.63. The molecule has 4 heteroatoms. The van der Waals surface area contributed by atoms with Gasteiger partial charge in [-0.2, -0.15) is 0 Å². The van der Waals surface area contributed by atoms with E-state index in [-0.39, 0.29) is 11.7 Å². The molecule has 2 nitrogen and oxygen atoms in total. The molecule has 0 N–H and O–H groups in total. The number of benzene rings is 1. The molecule has 0 fully saturated rings. The Morgan fingerprint density at radius 1 is 1.33 bits per heavy atom. The van der Waals surface area contributed by atoms with Gasteiger partial charge in [0.05, 0.1) is 22.0 Å². The number of carbonyl (C=O) groups is 1. The molecule has 1 aromatic carbocycles. The van der Waals surface area contributed by atoms with E-state index in [0.29, 0.717) is 16.1 Å². The molecule has 0 aliphatic carbocycles. The van der Waals surface area contributed by atoms with E-state index in [1.807, 2.05) is 18.2 Å². The van der Waals surface area contributed by atoms with Gasteiger partial charge >= 0.3 is 0 Å². The number of hydrogen-bond acceptors (Lipinski definition) is 2. The molecule has 1 heterocycles. The minimum Gasteiger partial charge on any atom is -0.293 e. The molecule has 1 aromatic heterocycles. The highest BCUT2D eigenvalue weighted by molar-refractivity contribution is 6.39. The van der Waals surface area contributed by atoms with Crippen LogP contribution in [-0.4, -0.2) is 16.6 Å². The maximum absolute atomic E-state index is 11.6. The van der Waals surface area contributed by atoms with E-state index in [9.17, 15) is 4.79 Å². The number of nitrogens with zero attached hydrogens (tertiary/aromatic N) is 1. The number of alkyl halides is 1. The van der Waals surface area contributed by atoms with E-state index in [1.54, 1.807) is 12.3 Å². The van der Waals surface area contributed by atoms with Gasteiger partial charge in [-0.15, -0.1) is 11.6 Å². The second-order valence-electron chi connectivity index (χ2n) is 3.05. The van der Waals surface area contributed by atoms with Crippen LogP contribution >= 0.6 is 23.2 Å². The van der Waals surface area contributed by atoms with Crippen LogP contribution in [0.5, 0.6) is 0 Å². The average Bonchev–Trinajstić information content (AvgIpc) is 2.28. The third kappa shape index (κ3) is 1.83. The van der Waals surface area contributed by atoms with Crippen molar-refractivity contribution in [1.29, 1.82) is 0 Å². The SMILES string of the molecule is O=C(CCl)c1c(Cl)ccc2cccnc12. The zero-order valence-corrected chi connectivity index (χ0v) is 9.22. The third-order valence-corrected chi connectivity index (χ3v) is 2.68. The normalized spacial score (nSPS) is 10.5. The minimum absolute atomic E-state index is 0.0879. The summed E-state index contributed by atoms with van der Waals surface area (Å²) in [4.78, 5) is 15.7. The first-order valence-electron chi connectivity index (χ1n) is 4.36. The molecule has 0 aliphatic heterocycles. The molecule has 2 aromatic rings. The van der Waals surface area contributed by atoms with Crippen LogP contribution in [0, 0.1) is 0 Å². The van der Waals surface area contributed by atoms with Gasteiger partial charge in [-0.05, 0) is 12.1 Å². The molecule has 0 saturated carbocycles. The maximum Gasteiger partial charge on any atom is 0.181 e. The van der Waals surface area contributed by atoms with Crippen LogP contribution in [0.15, 0.2) is 30.5 Å². The highest BCUT2D eigenvalue weighted by Gasteiger charge is 2.13. The number of aromatic nitrogens is 1. The molecule has 0 spiro atoms. The number of Topliss-reactive ketones (excluding diaryl/α,β-unsaturated/α-hetero) is 1. The van der Waals surface area contributed by atoms with Gasteiger partial charge < -0.3 is 0 Å². The summed E-state index contributed by atoms with van der Waals surface area (Å²) in [6, 6.07) is 7.20. The fourth-order valence-electron chi connectivity index (χ4n) is 1.45. The highest BCUT2D eigenvalue weighted by Crippen LogP contribution is 2.25. The predicted molar refractivity (Wildman–Crippen MR) is 61.8 cm³/mol. The van der Waals surface area contributed by atoms with Crippen LogP contribution < -0.4 is 0 Å². The molecule has 15 heavy (non-hydrogen) atoms. The maximum atomic E-state index is 11.6. The van der Waals surface area contributed by atoms with E-state index in [4.69, 9.17) is 23.2 Å². The van der Waals surface area contributed by atoms with Crippen LogP contribution in [0.1, 0.15) is 10.4 Å². The largest absolute Gasteiger partial charge is 0.293 e. The topological polar surface area (TPSA) is 30.0 Å². The lowest BCUT2D eigenvalue weighted by atomic mass is 10.1. The van der Waals surface area contributed by atoms with Gasteiger partial charge in [0.25, 0.3) is 0 Å². The van der Waals surface area contributed by atoms with Gasteiger partial charge in [-0.1, -0.05) is 23.7 Å². The first kappa shape index (κ1) is 10.4. The standard InChI is InChI=1S/C11H7Cl2NO/c12-6-9(15)10-8(13)4-3-7-2-1-5-14-11(7)10/h1-5H,6H2. The Morgan fingerprint density at radius 3 is 2.87 bits per heavy atom. The molecular weight excluding hydrogens is 233 g/mol. The molecule has 0 atom stereocenters. The summed E-state index contributed by atoms with van der Waals surface area (Å²) in [5, 5.41) is 1.28. The Kier molecular flexibility index (Phi) is 2.89. The predicted octanol–water partition coefficient (Wildman–Crippen LogP) is 3.31. The second-order valence-corrected chi connectivity index (χ2v) is 3.73. The van der Waals surface area contributed by atoms with Gasteiger partial charge in [-0.25, -0.2) is 0 Å². The molecule has 0 saturated heterocycles. The van der Waals surface area contributed by atoms with Crippen molar-refractivity contribution in [3.05, 3.63) is 41.0 Å². The zero-order chi connectivity index (χ0) is 10.8. The van der Waals surface area contributed by atoms with Crippen LogP contribution in [0.3, 0.4) is 0 Å². The number of fused-ring (bicyclic) bond motifs is 1. The summed E-state index contributed by atoms with van der Waals surface area (Å²) in [6.45, 7) is 0. The van der Waals surface area contributed by atoms with E-state index in [2.05, 4.69) is 4.98 Å². The Balaban J connectivity index is 2.79. The monoisotopic (exact) mass is 239 g/mol. The molecule has 0 radical (unpaired) electrons. The Bertz CT molecular complexity index is 525. The van der Waals surface area contributed by atoms with Gasteiger partial charge in [0.2, 0.25) is 0 Å². The third-order valence-electron chi connectivity index (χ3n) is 2.12. The van der Waals surface area contributed by atoms with Gasteiger partial charge in [0.15, 0.2) is 5.78 Å². The van der Waals surface area contributed by atoms with Crippen molar-refractivity contribution < 1.29 is 4.79 Å². The van der Waals surface area contributed by atoms with Crippen molar-refractivity contribution in [3.63, 3.8) is 0 Å². The van der Waals surface area contributed by atoms with Gasteiger partial charge in [0, 0.05) is 11.6 Å². The lowest BCUT2D eigenvalue weighted by Crippen LogP contribution is -2.03. The lowest BCUT2D eigenvalue weighted by Gasteiger charge is -2.04. The van der Waals surface area contributed by atoms with Crippen molar-refractivity contribution in [2.75, 3.05) is 5.88 Å². The van der Waals surface area contributed by atoms with E-state index >= 15 is 0 Å². The number of pyridine rings is 1. The molecule has 0 unspecified atom stereocenters. The summed E-state index contributed by atoms with van der Waals surface area (Å²) in [7, 11) is 0. The summed E-state index contributed by atoms with van der Waals surface area (Å²) in [5.41, 5.74) is 1.01. The average molecular weight is 240 g/mol. The summed E-state index contributed by atoms with van der Waals surface area (Å²) < 4.78 is 0. The molecule has 0 bridgehead atoms. The quantitative estimate of drug-likeness (QED) is 0.595. The molecule has 0 aliphatic rings. The molecule has 0 amide bonds. The van der Waals surface area contributed by atoms with Crippen molar-refractivity contribution in [2.24, 2.45) is 0 Å². The van der Waals surface area contributed by atoms with Crippen LogP contribution in [0.25, 0.3) is 10.9 Å². The van der Waals surface area contributed by atoms with Crippen LogP contribution in [0.4, 0.5) is 0 Å². The summed E-state index contributed by atoms with van der Waals surface area (Å²) >= 11 is 11.5. The van der Waals surface area contributed by atoms with E-state index in [0.717, 1.165) is 5.39 Å². The molecular formula is C11H7Cl2NO. The molecule has 76 valence electrons. The van der Waals surface area contributed by atoms with Gasteiger partial charge in [-0.3, -0.25) is 9.78 Å². The van der Waals surface area contributed by atoms with E-state index < -0.39 is 0 Å². The van der Waals surface area contributed by atoms with Gasteiger partial charge in [0.1, 0.15) is 0 Å². The first-order chi connectivity index (χ1) is 7.24. The van der Waals surface area contributed by atoms with Crippen molar-refractivity contribution >= 4 is 39.9 Å². The molecule has 2 rings (SSSR count). The summed E-state index contributed by atoms with van der Waals surface area (Å²) in [5.74, 6) is -0.291. The van der Waals surface area contributed by atoms with Crippen LogP contribution in [-0.2, 0) is 0 Å². The number of ketones is 1. The van der Waals surface area contributed by atoms with E-state index in [1.165, 1.54) is 0 Å². The second kappa shape index (κ2) is 4.17. The smallest absolute Gasteiger partial charge is 0.181 e. The zero-order valence-electron chi connectivity index (χ0n) is 7.71. The Hall–Kier alpha value is -1.12. The first-order valence-corrected chi connectivity index (χ1v) is 5.27. The highest BCUT2D eigenvalue weighted by atomic mass is 35.5. The minimum atomic E-state index is -0.203. The van der Waals surface area contributed by atoms with Crippen molar-refractivity contribution in [1.82, 2.24) is 4.98 Å². The number of carbonyl (C=O) groups excluding carboxylic acids is 1.